The minimum absolute atomic E-state index is 0.0614. The summed E-state index contributed by atoms with van der Waals surface area (Å²) in [4.78, 5) is 31.4. The maximum atomic E-state index is 12.8. The van der Waals surface area contributed by atoms with Crippen LogP contribution in [0.15, 0.2) is 35.4 Å². The van der Waals surface area contributed by atoms with E-state index in [-0.39, 0.29) is 24.4 Å². The molecule has 0 bridgehead atoms. The molecule has 130 valence electrons. The van der Waals surface area contributed by atoms with Crippen molar-refractivity contribution >= 4 is 33.1 Å². The Morgan fingerprint density at radius 1 is 1.38 bits per heavy atom. The maximum absolute atomic E-state index is 12.8. The lowest BCUT2D eigenvalue weighted by Gasteiger charge is -2.07. The van der Waals surface area contributed by atoms with Gasteiger partial charge in [0.15, 0.2) is 0 Å². The lowest BCUT2D eigenvalue weighted by atomic mass is 10.2. The number of nitrogens with zero attached hydrogens (tertiary/aromatic N) is 3. The molecule has 1 amide bonds. The molecule has 0 unspecified atom stereocenters. The summed E-state index contributed by atoms with van der Waals surface area (Å²) in [5, 5.41) is 12.4. The number of fused-ring (bicyclic) bond motifs is 3. The van der Waals surface area contributed by atoms with Gasteiger partial charge in [-0.3, -0.25) is 14.2 Å². The van der Waals surface area contributed by atoms with Crippen molar-refractivity contribution in [3.8, 4) is 6.07 Å². The van der Waals surface area contributed by atoms with Gasteiger partial charge in [-0.05, 0) is 43.0 Å². The number of nitriles is 1. The standard InChI is InChI=1S/C19H16N4O2S/c20-10-12-3-1-4-13(9-12)22-16(24)7-8-23-11-21-18-17(19(23)25)14-5-2-6-15(14)26-18/h1,3-4,9,11H,2,5-8H2,(H,22,24). The van der Waals surface area contributed by atoms with Crippen molar-refractivity contribution in [1.29, 1.82) is 5.26 Å². The van der Waals surface area contributed by atoms with E-state index in [1.54, 1.807) is 35.6 Å². The number of hydrogen-bond acceptors (Lipinski definition) is 5. The van der Waals surface area contributed by atoms with Gasteiger partial charge >= 0.3 is 0 Å². The molecule has 0 aliphatic heterocycles. The molecule has 0 saturated carbocycles. The lowest BCUT2D eigenvalue weighted by molar-refractivity contribution is -0.116. The van der Waals surface area contributed by atoms with Crippen LogP contribution >= 0.6 is 11.3 Å². The third-order valence-corrected chi connectivity index (χ3v) is 5.75. The fourth-order valence-electron chi connectivity index (χ4n) is 3.29. The fourth-order valence-corrected chi connectivity index (χ4v) is 4.51. The highest BCUT2D eigenvalue weighted by Crippen LogP contribution is 2.34. The molecule has 4 rings (SSSR count). The van der Waals surface area contributed by atoms with Gasteiger partial charge in [-0.2, -0.15) is 5.26 Å². The van der Waals surface area contributed by atoms with Crippen molar-refractivity contribution in [3.63, 3.8) is 0 Å². The summed E-state index contributed by atoms with van der Waals surface area (Å²) in [7, 11) is 0. The number of hydrogen-bond donors (Lipinski definition) is 1. The Balaban J connectivity index is 1.49. The van der Waals surface area contributed by atoms with Crippen LogP contribution in [0.5, 0.6) is 0 Å². The summed E-state index contributed by atoms with van der Waals surface area (Å²) < 4.78 is 1.51. The van der Waals surface area contributed by atoms with Crippen LogP contribution in [-0.2, 0) is 24.2 Å². The minimum Gasteiger partial charge on any atom is -0.326 e. The lowest BCUT2D eigenvalue weighted by Crippen LogP contribution is -2.23. The number of carbonyl (C=O) groups excluding carboxylic acids is 1. The van der Waals surface area contributed by atoms with Crippen molar-refractivity contribution in [3.05, 3.63) is 57.0 Å². The summed E-state index contributed by atoms with van der Waals surface area (Å²) in [6, 6.07) is 8.78. The van der Waals surface area contributed by atoms with E-state index in [9.17, 15) is 9.59 Å². The summed E-state index contributed by atoms with van der Waals surface area (Å²) >= 11 is 1.61. The van der Waals surface area contributed by atoms with E-state index in [0.29, 0.717) is 11.3 Å². The van der Waals surface area contributed by atoms with Gasteiger partial charge in [-0.15, -0.1) is 11.3 Å². The van der Waals surface area contributed by atoms with Crippen LogP contribution in [0.1, 0.15) is 28.8 Å². The highest BCUT2D eigenvalue weighted by atomic mass is 32.1. The van der Waals surface area contributed by atoms with E-state index in [1.165, 1.54) is 15.8 Å². The maximum Gasteiger partial charge on any atom is 0.262 e. The Morgan fingerprint density at radius 2 is 2.27 bits per heavy atom. The topological polar surface area (TPSA) is 87.8 Å². The summed E-state index contributed by atoms with van der Waals surface area (Å²) in [5.74, 6) is -0.206. The van der Waals surface area contributed by atoms with Crippen LogP contribution in [0.2, 0.25) is 0 Å². The van der Waals surface area contributed by atoms with E-state index in [4.69, 9.17) is 5.26 Å². The summed E-state index contributed by atoms with van der Waals surface area (Å²) in [5.41, 5.74) is 2.15. The molecular formula is C19H16N4O2S. The highest BCUT2D eigenvalue weighted by molar-refractivity contribution is 7.18. The summed E-state index contributed by atoms with van der Waals surface area (Å²) in [6.07, 6.45) is 4.75. The molecule has 0 radical (unpaired) electrons. The van der Waals surface area contributed by atoms with Gasteiger partial charge in [-0.25, -0.2) is 4.98 Å². The average molecular weight is 364 g/mol. The molecule has 26 heavy (non-hydrogen) atoms. The highest BCUT2D eigenvalue weighted by Gasteiger charge is 2.21. The Bertz CT molecular complexity index is 1110. The van der Waals surface area contributed by atoms with Crippen LogP contribution in [0, 0.1) is 11.3 Å². The first-order valence-corrected chi connectivity index (χ1v) is 9.27. The second-order valence-electron chi connectivity index (χ2n) is 6.27. The number of anilines is 1. The van der Waals surface area contributed by atoms with Gasteiger partial charge in [0.25, 0.3) is 5.56 Å². The Kier molecular flexibility index (Phi) is 4.27. The molecule has 2 heterocycles. The van der Waals surface area contributed by atoms with Gasteiger partial charge < -0.3 is 5.32 Å². The van der Waals surface area contributed by atoms with Crippen LogP contribution in [0.25, 0.3) is 10.2 Å². The van der Waals surface area contributed by atoms with Crippen LogP contribution < -0.4 is 10.9 Å². The van der Waals surface area contributed by atoms with E-state index in [1.807, 2.05) is 6.07 Å². The smallest absolute Gasteiger partial charge is 0.262 e. The van der Waals surface area contributed by atoms with E-state index in [2.05, 4.69) is 10.3 Å². The number of benzene rings is 1. The van der Waals surface area contributed by atoms with Crippen LogP contribution in [0.3, 0.4) is 0 Å². The quantitative estimate of drug-likeness (QED) is 0.771. The molecule has 1 N–H and O–H groups in total. The fraction of sp³-hybridized carbons (Fsp3) is 0.263. The molecule has 7 heteroatoms. The Morgan fingerprint density at radius 3 is 3.12 bits per heavy atom. The molecule has 1 aliphatic rings. The number of amides is 1. The van der Waals surface area contributed by atoms with Crippen molar-refractivity contribution in [1.82, 2.24) is 9.55 Å². The van der Waals surface area contributed by atoms with Gasteiger partial charge in [0.05, 0.1) is 23.3 Å². The van der Waals surface area contributed by atoms with Crippen molar-refractivity contribution in [2.75, 3.05) is 5.32 Å². The second-order valence-corrected chi connectivity index (χ2v) is 7.36. The molecule has 0 spiro atoms. The third kappa shape index (κ3) is 3.00. The SMILES string of the molecule is N#Cc1cccc(NC(=O)CCn2cnc3sc4c(c3c2=O)CCC4)c1. The largest absolute Gasteiger partial charge is 0.326 e. The molecule has 1 aliphatic carbocycles. The predicted molar refractivity (Wildman–Crippen MR) is 100 cm³/mol. The molecule has 0 saturated heterocycles. The normalized spacial score (nSPS) is 12.7. The molecular weight excluding hydrogens is 348 g/mol. The average Bonchev–Trinajstić information content (AvgIpc) is 3.22. The van der Waals surface area contributed by atoms with Gasteiger partial charge in [0.1, 0.15) is 4.83 Å². The molecule has 1 aromatic carbocycles. The summed E-state index contributed by atoms with van der Waals surface area (Å²) in [6.45, 7) is 0.274. The van der Waals surface area contributed by atoms with Gasteiger partial charge in [0.2, 0.25) is 5.91 Å². The molecule has 0 atom stereocenters. The molecule has 2 aromatic heterocycles. The van der Waals surface area contributed by atoms with Gasteiger partial charge in [-0.1, -0.05) is 6.07 Å². The van der Waals surface area contributed by atoms with Crippen LogP contribution in [-0.4, -0.2) is 15.5 Å². The van der Waals surface area contributed by atoms with E-state index in [0.717, 1.165) is 35.0 Å². The van der Waals surface area contributed by atoms with Crippen molar-refractivity contribution in [2.45, 2.75) is 32.2 Å². The zero-order valence-electron chi connectivity index (χ0n) is 14.0. The number of carbonyl (C=O) groups is 1. The monoisotopic (exact) mass is 364 g/mol. The second kappa shape index (κ2) is 6.73. The number of thiophene rings is 1. The minimum atomic E-state index is -0.206. The van der Waals surface area contributed by atoms with Gasteiger partial charge in [0, 0.05) is 23.5 Å². The molecule has 0 fully saturated rings. The van der Waals surface area contributed by atoms with Crippen molar-refractivity contribution < 1.29 is 4.79 Å². The Labute approximate surface area is 153 Å². The number of rotatable bonds is 4. The predicted octanol–water partition coefficient (Wildman–Crippen LogP) is 2.85. The van der Waals surface area contributed by atoms with Crippen LogP contribution in [0.4, 0.5) is 5.69 Å². The molecule has 6 nitrogen and oxygen atoms in total. The first-order valence-electron chi connectivity index (χ1n) is 8.45. The first-order chi connectivity index (χ1) is 12.7. The number of aromatic nitrogens is 2. The number of aryl methyl sites for hydroxylation is 3. The third-order valence-electron chi connectivity index (χ3n) is 4.55. The van der Waals surface area contributed by atoms with Crippen molar-refractivity contribution in [2.24, 2.45) is 0 Å². The Hall–Kier alpha value is -2.98. The van der Waals surface area contributed by atoms with E-state index >= 15 is 0 Å². The zero-order chi connectivity index (χ0) is 18.1. The first kappa shape index (κ1) is 16.5. The van der Waals surface area contributed by atoms with E-state index < -0.39 is 0 Å². The molecule has 3 aromatic rings. The number of nitrogens with one attached hydrogen (secondary N) is 1. The zero-order valence-corrected chi connectivity index (χ0v) is 14.8.